The Balaban J connectivity index is 2.57. The number of hydrogen-bond acceptors (Lipinski definition) is 4. The van der Waals surface area contributed by atoms with E-state index in [-0.39, 0.29) is 12.3 Å². The highest BCUT2D eigenvalue weighted by Gasteiger charge is 2.07. The highest BCUT2D eigenvalue weighted by molar-refractivity contribution is 7.85. The zero-order chi connectivity index (χ0) is 18.7. The van der Waals surface area contributed by atoms with Gasteiger partial charge in [0.2, 0.25) is 0 Å². The molecule has 0 aliphatic rings. The Hall–Kier alpha value is -2.31. The second-order valence-corrected chi connectivity index (χ2v) is 7.06. The molecular weight excluding hydrogens is 336 g/mol. The van der Waals surface area contributed by atoms with Gasteiger partial charge < -0.3 is 10.2 Å². The van der Waals surface area contributed by atoms with Gasteiger partial charge in [0, 0.05) is 25.8 Å². The zero-order valence-corrected chi connectivity index (χ0v) is 15.5. The largest absolute Gasteiger partial charge is 0.391 e. The van der Waals surface area contributed by atoms with Crippen LogP contribution < -0.4 is 10.2 Å². The molecule has 0 atom stereocenters. The molecule has 0 saturated heterocycles. The minimum absolute atomic E-state index is 0.232. The second-order valence-electron chi connectivity index (χ2n) is 5.48. The third kappa shape index (κ3) is 9.54. The molecule has 1 aromatic carbocycles. The van der Waals surface area contributed by atoms with E-state index in [2.05, 4.69) is 11.9 Å². The fourth-order valence-corrected chi connectivity index (χ4v) is 2.41. The van der Waals surface area contributed by atoms with E-state index in [9.17, 15) is 8.42 Å². The van der Waals surface area contributed by atoms with Crippen molar-refractivity contribution in [2.45, 2.75) is 6.92 Å². The summed E-state index contributed by atoms with van der Waals surface area (Å²) in [5.74, 6) is -0.292. The second kappa shape index (κ2) is 10.5. The summed E-state index contributed by atoms with van der Waals surface area (Å²) in [6, 6.07) is 7.69. The molecule has 2 N–H and O–H groups in total. The summed E-state index contributed by atoms with van der Waals surface area (Å²) in [5.41, 5.74) is 2.79. The third-order valence-corrected chi connectivity index (χ3v) is 4.05. The summed E-state index contributed by atoms with van der Waals surface area (Å²) in [4.78, 5) is 1.78. The standard InChI is InChI=1S/C19H26N2O3S/c1-4-20-14-6-5-7-17(2)8-9-18-10-12-19(13-11-18)21(3)15-16-25(22,23)24/h5-14,20H,2,4,15-16H2,1,3H3,(H,22,23,24)/b7-5-,9-8+,14-6-. The molecule has 0 heterocycles. The van der Waals surface area contributed by atoms with Gasteiger partial charge in [-0.05, 0) is 42.5 Å². The lowest BCUT2D eigenvalue weighted by molar-refractivity contribution is 0.483. The summed E-state index contributed by atoms with van der Waals surface area (Å²) in [6.07, 6.45) is 11.5. The molecule has 0 saturated carbocycles. The van der Waals surface area contributed by atoms with Crippen LogP contribution in [0.5, 0.6) is 0 Å². The van der Waals surface area contributed by atoms with E-state index in [0.717, 1.165) is 23.4 Å². The monoisotopic (exact) mass is 362 g/mol. The maximum atomic E-state index is 10.8. The normalized spacial score (nSPS) is 12.3. The molecule has 0 spiro atoms. The van der Waals surface area contributed by atoms with Crippen LogP contribution in [-0.2, 0) is 10.1 Å². The first-order valence-corrected chi connectivity index (χ1v) is 9.62. The minimum atomic E-state index is -3.94. The Bertz CT molecular complexity index is 732. The number of benzene rings is 1. The van der Waals surface area contributed by atoms with Crippen LogP contribution in [0.25, 0.3) is 6.08 Å². The van der Waals surface area contributed by atoms with E-state index < -0.39 is 10.1 Å². The number of nitrogens with zero attached hydrogens (tertiary/aromatic N) is 1. The topological polar surface area (TPSA) is 69.6 Å². The lowest BCUT2D eigenvalue weighted by Gasteiger charge is -2.18. The van der Waals surface area contributed by atoms with Crippen molar-refractivity contribution in [3.05, 3.63) is 72.5 Å². The van der Waals surface area contributed by atoms with Crippen LogP contribution in [0.3, 0.4) is 0 Å². The molecular formula is C19H26N2O3S. The van der Waals surface area contributed by atoms with Crippen LogP contribution in [0.15, 0.2) is 66.9 Å². The molecule has 0 aliphatic heterocycles. The fraction of sp³-hybridized carbons (Fsp3) is 0.263. The Morgan fingerprint density at radius 3 is 2.52 bits per heavy atom. The Morgan fingerprint density at radius 2 is 1.92 bits per heavy atom. The van der Waals surface area contributed by atoms with Crippen molar-refractivity contribution in [3.8, 4) is 0 Å². The third-order valence-electron chi connectivity index (χ3n) is 3.35. The van der Waals surface area contributed by atoms with Crippen molar-refractivity contribution >= 4 is 21.9 Å². The van der Waals surface area contributed by atoms with Gasteiger partial charge in [0.15, 0.2) is 0 Å². The molecule has 0 amide bonds. The maximum absolute atomic E-state index is 10.8. The van der Waals surface area contributed by atoms with E-state index >= 15 is 0 Å². The van der Waals surface area contributed by atoms with Crippen molar-refractivity contribution in [1.29, 1.82) is 0 Å². The van der Waals surface area contributed by atoms with Gasteiger partial charge in [-0.1, -0.05) is 43.0 Å². The molecule has 6 heteroatoms. The van der Waals surface area contributed by atoms with Crippen molar-refractivity contribution < 1.29 is 13.0 Å². The summed E-state index contributed by atoms with van der Waals surface area (Å²) in [7, 11) is -2.16. The van der Waals surface area contributed by atoms with Gasteiger partial charge in [-0.15, -0.1) is 0 Å². The molecule has 5 nitrogen and oxygen atoms in total. The Kier molecular flexibility index (Phi) is 8.74. The first kappa shape index (κ1) is 20.7. The van der Waals surface area contributed by atoms with Crippen LogP contribution >= 0.6 is 0 Å². The Labute approximate surface area is 150 Å². The van der Waals surface area contributed by atoms with E-state index in [1.165, 1.54) is 0 Å². The molecule has 25 heavy (non-hydrogen) atoms. The van der Waals surface area contributed by atoms with Crippen LogP contribution in [0.2, 0.25) is 0 Å². The number of allylic oxidation sites excluding steroid dienone is 5. The number of hydrogen-bond donors (Lipinski definition) is 2. The van der Waals surface area contributed by atoms with E-state index in [4.69, 9.17) is 4.55 Å². The van der Waals surface area contributed by atoms with E-state index in [1.54, 1.807) is 11.9 Å². The summed E-state index contributed by atoms with van der Waals surface area (Å²) in [5, 5.41) is 3.08. The molecule has 0 aliphatic carbocycles. The van der Waals surface area contributed by atoms with E-state index in [1.807, 2.05) is 67.8 Å². The van der Waals surface area contributed by atoms with Gasteiger partial charge in [0.1, 0.15) is 0 Å². The van der Waals surface area contributed by atoms with Crippen LogP contribution in [0.1, 0.15) is 12.5 Å². The smallest absolute Gasteiger partial charge is 0.266 e. The predicted molar refractivity (Wildman–Crippen MR) is 106 cm³/mol. The highest BCUT2D eigenvalue weighted by Crippen LogP contribution is 2.15. The van der Waals surface area contributed by atoms with Gasteiger partial charge in [-0.3, -0.25) is 4.55 Å². The molecule has 0 aromatic heterocycles. The average Bonchev–Trinajstić information content (AvgIpc) is 2.57. The van der Waals surface area contributed by atoms with Gasteiger partial charge in [0.25, 0.3) is 10.1 Å². The summed E-state index contributed by atoms with van der Waals surface area (Å²) in [6.45, 7) is 7.13. The zero-order valence-electron chi connectivity index (χ0n) is 14.7. The Morgan fingerprint density at radius 1 is 1.24 bits per heavy atom. The molecule has 0 radical (unpaired) electrons. The van der Waals surface area contributed by atoms with Crippen LogP contribution in [0, 0.1) is 0 Å². The maximum Gasteiger partial charge on any atom is 0.266 e. The SMILES string of the molecule is C=C(/C=C\C=C/NCC)/C=C/c1ccc(N(C)CCS(=O)(=O)O)cc1. The van der Waals surface area contributed by atoms with Crippen molar-refractivity contribution in [2.75, 3.05) is 30.8 Å². The van der Waals surface area contributed by atoms with Gasteiger partial charge in [-0.25, -0.2) is 0 Å². The average molecular weight is 362 g/mol. The first-order chi connectivity index (χ1) is 11.8. The summed E-state index contributed by atoms with van der Waals surface area (Å²) < 4.78 is 30.4. The number of nitrogens with one attached hydrogen (secondary N) is 1. The first-order valence-electron chi connectivity index (χ1n) is 8.02. The fourth-order valence-electron chi connectivity index (χ4n) is 1.90. The van der Waals surface area contributed by atoms with Crippen LogP contribution in [0.4, 0.5) is 5.69 Å². The van der Waals surface area contributed by atoms with Gasteiger partial charge in [0.05, 0.1) is 5.75 Å². The van der Waals surface area contributed by atoms with Crippen molar-refractivity contribution in [2.24, 2.45) is 0 Å². The van der Waals surface area contributed by atoms with Crippen molar-refractivity contribution in [3.63, 3.8) is 0 Å². The summed E-state index contributed by atoms with van der Waals surface area (Å²) >= 11 is 0. The van der Waals surface area contributed by atoms with Gasteiger partial charge >= 0.3 is 0 Å². The molecule has 0 bridgehead atoms. The van der Waals surface area contributed by atoms with Crippen molar-refractivity contribution in [1.82, 2.24) is 5.32 Å². The lowest BCUT2D eigenvalue weighted by Crippen LogP contribution is -2.24. The molecule has 136 valence electrons. The molecule has 1 aromatic rings. The highest BCUT2D eigenvalue weighted by atomic mass is 32.2. The number of rotatable bonds is 10. The molecule has 0 unspecified atom stereocenters. The minimum Gasteiger partial charge on any atom is -0.391 e. The molecule has 1 rings (SSSR count). The lowest BCUT2D eigenvalue weighted by atomic mass is 10.1. The van der Waals surface area contributed by atoms with E-state index in [0.29, 0.717) is 0 Å². The predicted octanol–water partition coefficient (Wildman–Crippen LogP) is 3.26. The quantitative estimate of drug-likeness (QED) is 0.494. The molecule has 0 fully saturated rings. The van der Waals surface area contributed by atoms with Gasteiger partial charge in [-0.2, -0.15) is 8.42 Å². The number of anilines is 1. The van der Waals surface area contributed by atoms with Crippen LogP contribution in [-0.4, -0.2) is 38.9 Å².